The van der Waals surface area contributed by atoms with Crippen molar-refractivity contribution in [3.63, 3.8) is 0 Å². The van der Waals surface area contributed by atoms with Crippen LogP contribution < -0.4 is 0 Å². The van der Waals surface area contributed by atoms with Crippen LogP contribution in [-0.4, -0.2) is 37.9 Å². The van der Waals surface area contributed by atoms with Gasteiger partial charge in [0.05, 0.1) is 7.11 Å². The van der Waals surface area contributed by atoms with Crippen molar-refractivity contribution >= 4 is 18.5 Å². The van der Waals surface area contributed by atoms with Gasteiger partial charge in [0, 0.05) is 32.5 Å². The molecule has 9 nitrogen and oxygen atoms in total. The second-order valence-electron chi connectivity index (χ2n) is 4.41. The van der Waals surface area contributed by atoms with E-state index in [0.717, 1.165) is 19.7 Å². The van der Waals surface area contributed by atoms with Crippen molar-refractivity contribution in [1.29, 1.82) is 0 Å². The molecule has 0 saturated carbocycles. The molecule has 9 heteroatoms. The highest BCUT2D eigenvalue weighted by molar-refractivity contribution is 5.86. The average molecular weight is 392 g/mol. The zero-order chi connectivity index (χ0) is 24.0. The van der Waals surface area contributed by atoms with Gasteiger partial charge in [-0.1, -0.05) is 25.3 Å². The van der Waals surface area contributed by atoms with E-state index in [1.165, 1.54) is 12.7 Å². The Morgan fingerprint density at radius 1 is 0.741 bits per heavy atom. The standard InChI is InChI=1S/C5H8O2.2C4H6O.C4H8.CH4O.2O2/c1-4(2)5(6)7-3;2*1-4(2)3-5;1-4(2)3;3*1-2/h1H2,2-3H3;2*3H,1H2,2H3;1H2,2-3H3;2H,1H3;;. The minimum atomic E-state index is -0.347. The Kier molecular flexibility index (Phi) is 80.4. The first-order chi connectivity index (χ1) is 12.5. The molecule has 0 spiro atoms. The average Bonchev–Trinajstić information content (AvgIpc) is 2.66. The fourth-order valence-corrected chi connectivity index (χ4v) is 0.174. The minimum Gasteiger partial charge on any atom is -0.466 e. The molecule has 0 aliphatic rings. The SMILES string of the molecule is C=C(C)C.C=C(C)C(=O)OC.C=C(C)C=O.C=C(C)C=O.CO.O=O.O=O. The fraction of sp³-hybridized carbons (Fsp3) is 0.389. The minimum absolute atomic E-state index is 0.347. The van der Waals surface area contributed by atoms with Crippen LogP contribution in [-0.2, 0) is 19.1 Å². The highest BCUT2D eigenvalue weighted by Crippen LogP contribution is 1.87. The number of aliphatic hydroxyl groups is 1. The highest BCUT2D eigenvalue weighted by atomic mass is 16.7. The highest BCUT2D eigenvalue weighted by Gasteiger charge is 1.95. The molecule has 158 valence electrons. The second-order valence-corrected chi connectivity index (χ2v) is 4.41. The number of carbonyl (C=O) groups is 3. The van der Waals surface area contributed by atoms with E-state index >= 15 is 0 Å². The van der Waals surface area contributed by atoms with Gasteiger partial charge in [-0.2, -0.15) is 0 Å². The molecule has 27 heavy (non-hydrogen) atoms. The van der Waals surface area contributed by atoms with Crippen LogP contribution in [0.3, 0.4) is 0 Å². The zero-order valence-electron chi connectivity index (χ0n) is 17.2. The number of aliphatic hydroxyl groups excluding tert-OH is 1. The van der Waals surface area contributed by atoms with Crippen LogP contribution in [0.5, 0.6) is 0 Å². The Bertz CT molecular complexity index is 389. The van der Waals surface area contributed by atoms with Crippen LogP contribution in [0.2, 0.25) is 0 Å². The smallest absolute Gasteiger partial charge is 0.332 e. The number of rotatable bonds is 3. The third-order valence-electron chi connectivity index (χ3n) is 0.936. The summed E-state index contributed by atoms with van der Waals surface area (Å²) in [5, 5.41) is 7.00. The lowest BCUT2D eigenvalue weighted by atomic mass is 10.4. The van der Waals surface area contributed by atoms with E-state index in [0.29, 0.717) is 16.7 Å². The molecule has 0 aromatic rings. The predicted molar refractivity (Wildman–Crippen MR) is 111 cm³/mol. The van der Waals surface area contributed by atoms with Crippen molar-refractivity contribution in [1.82, 2.24) is 0 Å². The lowest BCUT2D eigenvalue weighted by molar-refractivity contribution is -0.136. The molecule has 0 aliphatic carbocycles. The normalized spacial score (nSPS) is 5.93. The molecule has 0 unspecified atom stereocenters. The summed E-state index contributed by atoms with van der Waals surface area (Å²) in [6, 6.07) is 0. The molecule has 1 N–H and O–H groups in total. The van der Waals surface area contributed by atoms with E-state index in [9.17, 15) is 14.4 Å². The maximum absolute atomic E-state index is 10.2. The van der Waals surface area contributed by atoms with E-state index in [2.05, 4.69) is 31.1 Å². The van der Waals surface area contributed by atoms with E-state index in [-0.39, 0.29) is 5.97 Å². The largest absolute Gasteiger partial charge is 0.466 e. The number of carbonyl (C=O) groups excluding carboxylic acids is 3. The fourth-order valence-electron chi connectivity index (χ4n) is 0.174. The van der Waals surface area contributed by atoms with Crippen molar-refractivity contribution in [2.75, 3.05) is 14.2 Å². The number of methoxy groups -OCH3 is 1. The summed E-state index contributed by atoms with van der Waals surface area (Å²) in [5.74, 6) is -0.347. The second kappa shape index (κ2) is 49.5. The molecule has 0 fully saturated rings. The van der Waals surface area contributed by atoms with E-state index in [1.54, 1.807) is 20.8 Å². The van der Waals surface area contributed by atoms with Gasteiger partial charge in [0.2, 0.25) is 0 Å². The van der Waals surface area contributed by atoms with Crippen LogP contribution in [0.1, 0.15) is 34.6 Å². The monoisotopic (exact) mass is 392 g/mol. The predicted octanol–water partition coefficient (Wildman–Crippen LogP) is 3.58. The number of allylic oxidation sites excluding steroid dienone is 3. The Labute approximate surface area is 160 Å². The zero-order valence-corrected chi connectivity index (χ0v) is 17.2. The van der Waals surface area contributed by atoms with Crippen molar-refractivity contribution in [2.24, 2.45) is 0 Å². The molecular weight excluding hydrogens is 360 g/mol. The number of esters is 1. The number of ether oxygens (including phenoxy) is 1. The first-order valence-corrected chi connectivity index (χ1v) is 6.81. The number of hydrogen-bond acceptors (Lipinski definition) is 9. The molecule has 0 saturated heterocycles. The Balaban J connectivity index is -0.0000000366. The van der Waals surface area contributed by atoms with Crippen LogP contribution >= 0.6 is 0 Å². The summed E-state index contributed by atoms with van der Waals surface area (Å²) < 4.78 is 4.27. The molecule has 0 atom stereocenters. The third-order valence-corrected chi connectivity index (χ3v) is 0.936. The van der Waals surface area contributed by atoms with Gasteiger partial charge in [0.1, 0.15) is 12.6 Å². The molecule has 0 aliphatic heterocycles. The van der Waals surface area contributed by atoms with E-state index in [1.807, 2.05) is 13.8 Å². The summed E-state index contributed by atoms with van der Waals surface area (Å²) in [6.07, 6.45) is 1.44. The molecule has 0 heterocycles. The summed E-state index contributed by atoms with van der Waals surface area (Å²) in [7, 11) is 2.33. The van der Waals surface area contributed by atoms with Crippen LogP contribution in [0.25, 0.3) is 0 Å². The first-order valence-electron chi connectivity index (χ1n) is 6.81. The Morgan fingerprint density at radius 2 is 0.889 bits per heavy atom. The van der Waals surface area contributed by atoms with E-state index in [4.69, 9.17) is 25.0 Å². The lowest BCUT2D eigenvalue weighted by Crippen LogP contribution is -1.98. The van der Waals surface area contributed by atoms with Crippen molar-refractivity contribution < 1.29 is 24.2 Å². The lowest BCUT2D eigenvalue weighted by Gasteiger charge is -1.91. The summed E-state index contributed by atoms with van der Waals surface area (Å²) in [6.45, 7) is 22.4. The number of hydrogen-bond donors (Lipinski definition) is 1. The van der Waals surface area contributed by atoms with Gasteiger partial charge >= 0.3 is 5.97 Å². The van der Waals surface area contributed by atoms with E-state index < -0.39 is 0 Å². The van der Waals surface area contributed by atoms with Gasteiger partial charge in [0.15, 0.2) is 0 Å². The van der Waals surface area contributed by atoms with Gasteiger partial charge < -0.3 is 9.84 Å². The molecular formula is C18H32O9. The van der Waals surface area contributed by atoms with Gasteiger partial charge in [0.25, 0.3) is 0 Å². The summed E-state index contributed by atoms with van der Waals surface area (Å²) >= 11 is 0. The molecule has 0 aromatic heterocycles. The van der Waals surface area contributed by atoms with Crippen LogP contribution in [0, 0.1) is 19.9 Å². The topological polar surface area (TPSA) is 149 Å². The maximum Gasteiger partial charge on any atom is 0.332 e. The van der Waals surface area contributed by atoms with Gasteiger partial charge in [-0.15, -0.1) is 6.58 Å². The molecule has 0 amide bonds. The van der Waals surface area contributed by atoms with Gasteiger partial charge in [-0.05, 0) is 45.8 Å². The number of aldehydes is 2. The summed E-state index contributed by atoms with van der Waals surface area (Å²) in [5.41, 5.74) is 2.75. The molecule has 0 aromatic carbocycles. The summed E-state index contributed by atoms with van der Waals surface area (Å²) in [4.78, 5) is 57.0. The van der Waals surface area contributed by atoms with Gasteiger partial charge in [-0.25, -0.2) is 4.79 Å². The van der Waals surface area contributed by atoms with Gasteiger partial charge in [-0.3, -0.25) is 9.59 Å². The quantitative estimate of drug-likeness (QED) is 0.329. The Hall–Kier alpha value is -3.07. The van der Waals surface area contributed by atoms with Crippen LogP contribution in [0.15, 0.2) is 48.6 Å². The van der Waals surface area contributed by atoms with Crippen molar-refractivity contribution in [3.8, 4) is 0 Å². The van der Waals surface area contributed by atoms with Crippen LogP contribution in [0.4, 0.5) is 0 Å². The maximum atomic E-state index is 10.2. The molecule has 0 radical (unpaired) electrons. The first kappa shape index (κ1) is 43.9. The Morgan fingerprint density at radius 3 is 0.889 bits per heavy atom. The van der Waals surface area contributed by atoms with Crippen molar-refractivity contribution in [2.45, 2.75) is 34.6 Å². The third kappa shape index (κ3) is 209. The van der Waals surface area contributed by atoms with Crippen molar-refractivity contribution in [3.05, 3.63) is 68.5 Å². The molecule has 0 rings (SSSR count). The molecule has 0 bridgehead atoms.